The highest BCUT2D eigenvalue weighted by atomic mass is 35.5. The van der Waals surface area contributed by atoms with Gasteiger partial charge in [-0.2, -0.15) is 0 Å². The molecule has 4 aromatic rings. The lowest BCUT2D eigenvalue weighted by Crippen LogP contribution is -2.07. The topological polar surface area (TPSA) is 58.4 Å². The molecule has 6 nitrogen and oxygen atoms in total. The van der Waals surface area contributed by atoms with E-state index in [0.717, 1.165) is 22.4 Å². The molecule has 0 amide bonds. The van der Waals surface area contributed by atoms with Crippen LogP contribution in [-0.2, 0) is 17.9 Å². The zero-order chi connectivity index (χ0) is 23.0. The van der Waals surface area contributed by atoms with Crippen LogP contribution in [-0.4, -0.2) is 28.7 Å². The van der Waals surface area contributed by atoms with Crippen LogP contribution in [0.3, 0.4) is 0 Å². The molecule has 0 aliphatic heterocycles. The minimum Gasteiger partial charge on any atom is -0.493 e. The highest BCUT2D eigenvalue weighted by Crippen LogP contribution is 2.29. The molecule has 0 N–H and O–H groups in total. The molecule has 4 rings (SSSR count). The van der Waals surface area contributed by atoms with Crippen LogP contribution in [0.2, 0.25) is 5.02 Å². The van der Waals surface area contributed by atoms with Crippen molar-refractivity contribution in [2.75, 3.05) is 13.7 Å². The number of halogens is 1. The highest BCUT2D eigenvalue weighted by Gasteiger charge is 2.19. The Balaban J connectivity index is 1.55. The normalized spacial score (nSPS) is 11.8. The predicted octanol–water partition coefficient (Wildman–Crippen LogP) is 5.69. The van der Waals surface area contributed by atoms with E-state index in [1.165, 1.54) is 0 Å². The number of hydrogen-bond acceptors (Lipinski definition) is 5. The van der Waals surface area contributed by atoms with Crippen LogP contribution in [0.1, 0.15) is 35.4 Å². The van der Waals surface area contributed by atoms with E-state index in [0.29, 0.717) is 36.3 Å². The van der Waals surface area contributed by atoms with E-state index in [2.05, 4.69) is 10.3 Å². The number of methoxy groups -OCH3 is 1. The van der Waals surface area contributed by atoms with Crippen LogP contribution in [0.25, 0.3) is 0 Å². The van der Waals surface area contributed by atoms with Crippen molar-refractivity contribution in [2.45, 2.75) is 26.2 Å². The summed E-state index contributed by atoms with van der Waals surface area (Å²) in [4.78, 5) is 0. The second-order valence-corrected chi connectivity index (χ2v) is 7.92. The summed E-state index contributed by atoms with van der Waals surface area (Å²) in [6.45, 7) is 3.51. The zero-order valence-corrected chi connectivity index (χ0v) is 19.4. The molecule has 0 saturated carbocycles. The fourth-order valence-corrected chi connectivity index (χ4v) is 3.66. The van der Waals surface area contributed by atoms with Gasteiger partial charge in [0, 0.05) is 5.02 Å². The number of rotatable bonds is 10. The standard InChI is InChI=1S/C26H26ClN3O3/c1-3-32-25-15-20(9-14-24(25)31-2)16-30-17-23(28-29-30)26(21-10-12-22(27)13-11-21)33-18-19-7-5-4-6-8-19/h4-15,17,26H,3,16,18H2,1-2H3. The molecule has 1 aromatic heterocycles. The Hall–Kier alpha value is -3.35. The summed E-state index contributed by atoms with van der Waals surface area (Å²) in [6.07, 6.45) is 1.54. The molecule has 0 aliphatic carbocycles. The van der Waals surface area contributed by atoms with E-state index in [1.54, 1.807) is 11.8 Å². The Kier molecular flexibility index (Phi) is 7.60. The smallest absolute Gasteiger partial charge is 0.161 e. The Bertz CT molecular complexity index is 1160. The molecule has 33 heavy (non-hydrogen) atoms. The minimum atomic E-state index is -0.369. The first-order valence-electron chi connectivity index (χ1n) is 10.8. The van der Waals surface area contributed by atoms with Crippen LogP contribution in [0.4, 0.5) is 0 Å². The summed E-state index contributed by atoms with van der Waals surface area (Å²) in [5.41, 5.74) is 3.81. The van der Waals surface area contributed by atoms with Gasteiger partial charge in [0.1, 0.15) is 11.8 Å². The summed E-state index contributed by atoms with van der Waals surface area (Å²) in [5, 5.41) is 9.43. The number of nitrogens with zero attached hydrogens (tertiary/aromatic N) is 3. The van der Waals surface area contributed by atoms with Crippen molar-refractivity contribution in [3.63, 3.8) is 0 Å². The Morgan fingerprint density at radius 3 is 2.45 bits per heavy atom. The largest absolute Gasteiger partial charge is 0.493 e. The number of hydrogen-bond donors (Lipinski definition) is 0. The maximum absolute atomic E-state index is 6.29. The number of benzene rings is 3. The van der Waals surface area contributed by atoms with E-state index in [1.807, 2.05) is 85.9 Å². The fourth-order valence-electron chi connectivity index (χ4n) is 3.53. The van der Waals surface area contributed by atoms with Crippen molar-refractivity contribution in [1.29, 1.82) is 0 Å². The number of aromatic nitrogens is 3. The lowest BCUT2D eigenvalue weighted by molar-refractivity contribution is 0.0639. The van der Waals surface area contributed by atoms with Crippen LogP contribution in [0.15, 0.2) is 79.0 Å². The van der Waals surface area contributed by atoms with Gasteiger partial charge in [-0.25, -0.2) is 4.68 Å². The van der Waals surface area contributed by atoms with Gasteiger partial charge < -0.3 is 14.2 Å². The van der Waals surface area contributed by atoms with E-state index < -0.39 is 0 Å². The molecule has 0 bridgehead atoms. The van der Waals surface area contributed by atoms with Gasteiger partial charge in [-0.1, -0.05) is 65.3 Å². The average molecular weight is 464 g/mol. The van der Waals surface area contributed by atoms with E-state index in [4.69, 9.17) is 25.8 Å². The maximum Gasteiger partial charge on any atom is 0.161 e. The molecule has 0 saturated heterocycles. The molecule has 0 spiro atoms. The van der Waals surface area contributed by atoms with E-state index in [-0.39, 0.29) is 6.10 Å². The fraction of sp³-hybridized carbons (Fsp3) is 0.231. The first-order chi connectivity index (χ1) is 16.2. The molecule has 7 heteroatoms. The maximum atomic E-state index is 6.29. The zero-order valence-electron chi connectivity index (χ0n) is 18.6. The summed E-state index contributed by atoms with van der Waals surface area (Å²) in [6, 6.07) is 23.5. The van der Waals surface area contributed by atoms with Crippen LogP contribution in [0.5, 0.6) is 11.5 Å². The highest BCUT2D eigenvalue weighted by molar-refractivity contribution is 6.30. The van der Waals surface area contributed by atoms with Crippen molar-refractivity contribution in [1.82, 2.24) is 15.0 Å². The second-order valence-electron chi connectivity index (χ2n) is 7.49. The lowest BCUT2D eigenvalue weighted by atomic mass is 10.1. The first kappa shape index (κ1) is 22.8. The third kappa shape index (κ3) is 5.92. The molecule has 1 atom stereocenters. The molecule has 0 fully saturated rings. The molecule has 3 aromatic carbocycles. The molecule has 170 valence electrons. The van der Waals surface area contributed by atoms with Crippen molar-refractivity contribution < 1.29 is 14.2 Å². The lowest BCUT2D eigenvalue weighted by Gasteiger charge is -2.16. The summed E-state index contributed by atoms with van der Waals surface area (Å²) in [5.74, 6) is 1.42. The van der Waals surface area contributed by atoms with E-state index >= 15 is 0 Å². The summed E-state index contributed by atoms with van der Waals surface area (Å²) < 4.78 is 19.1. The Morgan fingerprint density at radius 1 is 0.939 bits per heavy atom. The molecular formula is C26H26ClN3O3. The van der Waals surface area contributed by atoms with Gasteiger partial charge in [0.15, 0.2) is 11.5 Å². The van der Waals surface area contributed by atoms with E-state index in [9.17, 15) is 0 Å². The van der Waals surface area contributed by atoms with Crippen LogP contribution in [0, 0.1) is 0 Å². The van der Waals surface area contributed by atoms with Gasteiger partial charge >= 0.3 is 0 Å². The third-order valence-electron chi connectivity index (χ3n) is 5.13. The van der Waals surface area contributed by atoms with Crippen LogP contribution < -0.4 is 9.47 Å². The Morgan fingerprint density at radius 2 is 1.73 bits per heavy atom. The summed E-state index contributed by atoms with van der Waals surface area (Å²) >= 11 is 6.09. The molecular weight excluding hydrogens is 438 g/mol. The van der Waals surface area contributed by atoms with Crippen molar-refractivity contribution in [2.24, 2.45) is 0 Å². The second kappa shape index (κ2) is 11.0. The molecule has 0 radical (unpaired) electrons. The van der Waals surface area contributed by atoms with Gasteiger partial charge in [0.05, 0.1) is 33.1 Å². The minimum absolute atomic E-state index is 0.369. The first-order valence-corrected chi connectivity index (χ1v) is 11.1. The number of ether oxygens (including phenoxy) is 3. The SMILES string of the molecule is CCOc1cc(Cn2cc(C(OCc3ccccc3)c3ccc(Cl)cc3)nn2)ccc1OC. The van der Waals surface area contributed by atoms with Gasteiger partial charge in [0.2, 0.25) is 0 Å². The molecule has 1 heterocycles. The Labute approximate surface area is 198 Å². The molecule has 0 aliphatic rings. The van der Waals surface area contributed by atoms with Crippen molar-refractivity contribution >= 4 is 11.6 Å². The van der Waals surface area contributed by atoms with Gasteiger partial charge in [-0.15, -0.1) is 5.10 Å². The average Bonchev–Trinajstić information content (AvgIpc) is 3.29. The molecule has 1 unspecified atom stereocenters. The van der Waals surface area contributed by atoms with Crippen molar-refractivity contribution in [3.8, 4) is 11.5 Å². The quantitative estimate of drug-likeness (QED) is 0.302. The van der Waals surface area contributed by atoms with Crippen molar-refractivity contribution in [3.05, 3.63) is 106 Å². The van der Waals surface area contributed by atoms with Gasteiger partial charge in [-0.3, -0.25) is 0 Å². The monoisotopic (exact) mass is 463 g/mol. The van der Waals surface area contributed by atoms with Gasteiger partial charge in [-0.05, 0) is 47.9 Å². The third-order valence-corrected chi connectivity index (χ3v) is 5.38. The predicted molar refractivity (Wildman–Crippen MR) is 128 cm³/mol. The van der Waals surface area contributed by atoms with Gasteiger partial charge in [0.25, 0.3) is 0 Å². The van der Waals surface area contributed by atoms with Crippen LogP contribution >= 0.6 is 11.6 Å². The summed E-state index contributed by atoms with van der Waals surface area (Å²) in [7, 11) is 1.63.